The summed E-state index contributed by atoms with van der Waals surface area (Å²) in [6.07, 6.45) is 0. The van der Waals surface area contributed by atoms with Crippen molar-refractivity contribution in [3.63, 3.8) is 0 Å². The standard InChI is InChI=1S/C30H25I/c1-29(2)25-8-6-5-7-21(25)22-12-9-18(15-26(22)29)19-10-13-23-24-14-11-20(31)17-28(24)30(3,4)27(23)16-19/h5-17H,1-4H3. The van der Waals surface area contributed by atoms with Crippen LogP contribution in [-0.2, 0) is 10.8 Å². The SMILES string of the molecule is CC1(C)c2ccccc2-c2ccc(-c3ccc4c(c3)C(C)(C)c3cc(I)ccc3-4)cc21. The molecule has 0 aromatic heterocycles. The Morgan fingerprint density at radius 1 is 0.484 bits per heavy atom. The number of hydrogen-bond donors (Lipinski definition) is 0. The molecule has 0 heterocycles. The second-order valence-corrected chi connectivity index (χ2v) is 11.3. The zero-order valence-electron chi connectivity index (χ0n) is 18.4. The smallest absolute Gasteiger partial charge is 0.0159 e. The van der Waals surface area contributed by atoms with E-state index in [-0.39, 0.29) is 10.8 Å². The van der Waals surface area contributed by atoms with Gasteiger partial charge in [-0.2, -0.15) is 0 Å². The van der Waals surface area contributed by atoms with Gasteiger partial charge in [0.1, 0.15) is 0 Å². The lowest BCUT2D eigenvalue weighted by Gasteiger charge is -2.23. The zero-order valence-corrected chi connectivity index (χ0v) is 20.5. The van der Waals surface area contributed by atoms with Crippen LogP contribution in [0.25, 0.3) is 33.4 Å². The van der Waals surface area contributed by atoms with E-state index < -0.39 is 0 Å². The van der Waals surface area contributed by atoms with Crippen molar-refractivity contribution < 1.29 is 0 Å². The number of halogens is 1. The van der Waals surface area contributed by atoms with E-state index >= 15 is 0 Å². The third-order valence-electron chi connectivity index (χ3n) is 7.55. The van der Waals surface area contributed by atoms with Crippen molar-refractivity contribution in [1.29, 1.82) is 0 Å². The van der Waals surface area contributed by atoms with Gasteiger partial charge in [-0.3, -0.25) is 0 Å². The van der Waals surface area contributed by atoms with Crippen LogP contribution in [0, 0.1) is 3.57 Å². The lowest BCUT2D eigenvalue weighted by Crippen LogP contribution is -2.15. The fraction of sp³-hybridized carbons (Fsp3) is 0.200. The number of benzene rings is 4. The van der Waals surface area contributed by atoms with Crippen molar-refractivity contribution in [2.75, 3.05) is 0 Å². The Morgan fingerprint density at radius 2 is 0.935 bits per heavy atom. The summed E-state index contributed by atoms with van der Waals surface area (Å²) in [6, 6.07) is 29.8. The summed E-state index contributed by atoms with van der Waals surface area (Å²) < 4.78 is 1.30. The lowest BCUT2D eigenvalue weighted by molar-refractivity contribution is 0.659. The second-order valence-electron chi connectivity index (χ2n) is 10.0. The fourth-order valence-electron chi connectivity index (χ4n) is 5.77. The van der Waals surface area contributed by atoms with Gasteiger partial charge < -0.3 is 0 Å². The summed E-state index contributed by atoms with van der Waals surface area (Å²) in [4.78, 5) is 0. The highest BCUT2D eigenvalue weighted by atomic mass is 127. The summed E-state index contributed by atoms with van der Waals surface area (Å²) in [6.45, 7) is 9.43. The topological polar surface area (TPSA) is 0 Å². The van der Waals surface area contributed by atoms with E-state index in [0.29, 0.717) is 0 Å². The quantitative estimate of drug-likeness (QED) is 0.224. The van der Waals surface area contributed by atoms with Gasteiger partial charge in [-0.05, 0) is 102 Å². The van der Waals surface area contributed by atoms with E-state index in [4.69, 9.17) is 0 Å². The number of rotatable bonds is 1. The molecule has 0 aliphatic heterocycles. The van der Waals surface area contributed by atoms with Gasteiger partial charge >= 0.3 is 0 Å². The van der Waals surface area contributed by atoms with Crippen molar-refractivity contribution >= 4 is 22.6 Å². The Morgan fingerprint density at radius 3 is 1.55 bits per heavy atom. The predicted octanol–water partition coefficient (Wildman–Crippen LogP) is 8.57. The summed E-state index contributed by atoms with van der Waals surface area (Å²) in [5, 5.41) is 0. The Hall–Kier alpha value is -2.39. The van der Waals surface area contributed by atoms with Gasteiger partial charge in [0.15, 0.2) is 0 Å². The van der Waals surface area contributed by atoms with Crippen LogP contribution in [0.1, 0.15) is 49.9 Å². The minimum absolute atomic E-state index is 0.0219. The van der Waals surface area contributed by atoms with Crippen molar-refractivity contribution in [3.05, 3.63) is 105 Å². The zero-order chi connectivity index (χ0) is 21.5. The molecule has 0 bridgehead atoms. The lowest BCUT2D eigenvalue weighted by atomic mass is 9.80. The first-order valence-corrected chi connectivity index (χ1v) is 12.1. The predicted molar refractivity (Wildman–Crippen MR) is 140 cm³/mol. The molecule has 4 aromatic rings. The maximum absolute atomic E-state index is 2.43. The van der Waals surface area contributed by atoms with Crippen LogP contribution in [-0.4, -0.2) is 0 Å². The van der Waals surface area contributed by atoms with Crippen LogP contribution < -0.4 is 0 Å². The third kappa shape index (κ3) is 2.59. The highest BCUT2D eigenvalue weighted by Crippen LogP contribution is 2.52. The monoisotopic (exact) mass is 512 g/mol. The van der Waals surface area contributed by atoms with E-state index in [1.807, 2.05) is 0 Å². The molecule has 0 unspecified atom stereocenters. The molecular weight excluding hydrogens is 487 g/mol. The highest BCUT2D eigenvalue weighted by molar-refractivity contribution is 14.1. The minimum Gasteiger partial charge on any atom is -0.0619 e. The Balaban J connectivity index is 1.50. The first-order chi connectivity index (χ1) is 14.8. The normalized spacial score (nSPS) is 16.4. The van der Waals surface area contributed by atoms with Gasteiger partial charge in [0.2, 0.25) is 0 Å². The summed E-state index contributed by atoms with van der Waals surface area (Å²) >= 11 is 2.43. The van der Waals surface area contributed by atoms with E-state index in [0.717, 1.165) is 0 Å². The van der Waals surface area contributed by atoms with E-state index in [1.165, 1.54) is 59.2 Å². The highest BCUT2D eigenvalue weighted by Gasteiger charge is 2.37. The van der Waals surface area contributed by atoms with Gasteiger partial charge in [-0.15, -0.1) is 0 Å². The fourth-order valence-corrected chi connectivity index (χ4v) is 6.26. The van der Waals surface area contributed by atoms with Gasteiger partial charge in [0.05, 0.1) is 0 Å². The number of hydrogen-bond acceptors (Lipinski definition) is 0. The molecule has 2 aliphatic rings. The molecule has 0 saturated carbocycles. The minimum atomic E-state index is 0.0219. The molecule has 1 heteroatoms. The molecule has 2 aliphatic carbocycles. The molecule has 0 nitrogen and oxygen atoms in total. The molecule has 152 valence electrons. The third-order valence-corrected chi connectivity index (χ3v) is 8.23. The summed E-state index contributed by atoms with van der Waals surface area (Å²) in [5.41, 5.74) is 14.0. The largest absolute Gasteiger partial charge is 0.0619 e. The van der Waals surface area contributed by atoms with Gasteiger partial charge in [0.25, 0.3) is 0 Å². The Bertz CT molecular complexity index is 1390. The van der Waals surface area contributed by atoms with Gasteiger partial charge in [-0.25, -0.2) is 0 Å². The van der Waals surface area contributed by atoms with E-state index in [9.17, 15) is 0 Å². The second kappa shape index (κ2) is 6.32. The van der Waals surface area contributed by atoms with E-state index in [1.54, 1.807) is 0 Å². The Labute approximate surface area is 198 Å². The molecule has 0 N–H and O–H groups in total. The molecule has 0 radical (unpaired) electrons. The molecule has 4 aromatic carbocycles. The first-order valence-electron chi connectivity index (χ1n) is 11.0. The van der Waals surface area contributed by atoms with Crippen molar-refractivity contribution in [1.82, 2.24) is 0 Å². The van der Waals surface area contributed by atoms with Crippen LogP contribution in [0.3, 0.4) is 0 Å². The summed E-state index contributed by atoms with van der Waals surface area (Å²) in [7, 11) is 0. The molecule has 0 atom stereocenters. The van der Waals surface area contributed by atoms with Crippen LogP contribution in [0.2, 0.25) is 0 Å². The van der Waals surface area contributed by atoms with Crippen LogP contribution in [0.4, 0.5) is 0 Å². The molecule has 0 spiro atoms. The van der Waals surface area contributed by atoms with Crippen molar-refractivity contribution in [2.24, 2.45) is 0 Å². The van der Waals surface area contributed by atoms with E-state index in [2.05, 4.69) is 129 Å². The van der Waals surface area contributed by atoms with Gasteiger partial charge in [0, 0.05) is 14.4 Å². The molecule has 6 rings (SSSR count). The average Bonchev–Trinajstić information content (AvgIpc) is 3.13. The van der Waals surface area contributed by atoms with Gasteiger partial charge in [-0.1, -0.05) is 82.3 Å². The molecule has 0 fully saturated rings. The van der Waals surface area contributed by atoms with Crippen molar-refractivity contribution in [2.45, 2.75) is 38.5 Å². The first kappa shape index (κ1) is 19.3. The van der Waals surface area contributed by atoms with Crippen molar-refractivity contribution in [3.8, 4) is 33.4 Å². The van der Waals surface area contributed by atoms with Crippen LogP contribution >= 0.6 is 22.6 Å². The molecule has 0 amide bonds. The number of fused-ring (bicyclic) bond motifs is 6. The molecule has 31 heavy (non-hydrogen) atoms. The Kier molecular flexibility index (Phi) is 3.94. The average molecular weight is 512 g/mol. The van der Waals surface area contributed by atoms with Crippen LogP contribution in [0.5, 0.6) is 0 Å². The summed E-state index contributed by atoms with van der Waals surface area (Å²) in [5.74, 6) is 0. The maximum atomic E-state index is 2.43. The molecular formula is C30H25I. The maximum Gasteiger partial charge on any atom is 0.0159 e. The van der Waals surface area contributed by atoms with Crippen LogP contribution in [0.15, 0.2) is 78.9 Å². The molecule has 0 saturated heterocycles.